The fourth-order valence-electron chi connectivity index (χ4n) is 1.44. The lowest BCUT2D eigenvalue weighted by molar-refractivity contribution is 1.10. The van der Waals surface area contributed by atoms with E-state index < -0.39 is 0 Å². The molecule has 0 aliphatic carbocycles. The van der Waals surface area contributed by atoms with Gasteiger partial charge in [-0.1, -0.05) is 37.3 Å². The van der Waals surface area contributed by atoms with Crippen molar-refractivity contribution in [3.63, 3.8) is 0 Å². The van der Waals surface area contributed by atoms with E-state index in [0.29, 0.717) is 5.82 Å². The average Bonchev–Trinajstić information content (AvgIpc) is 2.63. The van der Waals surface area contributed by atoms with Crippen LogP contribution in [-0.2, 0) is 0 Å². The van der Waals surface area contributed by atoms with Crippen LogP contribution in [0, 0.1) is 0 Å². The third-order valence-corrected chi connectivity index (χ3v) is 3.09. The summed E-state index contributed by atoms with van der Waals surface area (Å²) in [5.74, 6) is 1.57. The molecule has 0 radical (unpaired) electrons. The van der Waals surface area contributed by atoms with Crippen LogP contribution in [0.1, 0.15) is 6.92 Å². The summed E-state index contributed by atoms with van der Waals surface area (Å²) in [7, 11) is 0. The monoisotopic (exact) mass is 219 g/mol. The average molecular weight is 219 g/mol. The summed E-state index contributed by atoms with van der Waals surface area (Å²) in [5, 5.41) is 7.02. The molecule has 0 aliphatic rings. The summed E-state index contributed by atoms with van der Waals surface area (Å²) in [6.45, 7) is 2.10. The zero-order valence-corrected chi connectivity index (χ0v) is 9.34. The Balaban J connectivity index is 2.44. The Morgan fingerprint density at radius 2 is 2.07 bits per heavy atom. The molecule has 78 valence electrons. The van der Waals surface area contributed by atoms with Gasteiger partial charge in [-0.25, -0.2) is 0 Å². The molecule has 0 amide bonds. The van der Waals surface area contributed by atoms with Gasteiger partial charge in [-0.15, -0.1) is 11.8 Å². The second-order valence-electron chi connectivity index (χ2n) is 3.11. The van der Waals surface area contributed by atoms with Crippen molar-refractivity contribution >= 4 is 17.6 Å². The molecule has 0 unspecified atom stereocenters. The van der Waals surface area contributed by atoms with Crippen LogP contribution in [0.4, 0.5) is 5.82 Å². The SMILES string of the molecule is CCSc1c(N)n[nH]c1-c1ccccc1. The van der Waals surface area contributed by atoms with Crippen LogP contribution in [0.5, 0.6) is 0 Å². The predicted octanol–water partition coefficient (Wildman–Crippen LogP) is 2.77. The first-order valence-corrected chi connectivity index (χ1v) is 5.83. The topological polar surface area (TPSA) is 54.7 Å². The number of aromatic amines is 1. The number of anilines is 1. The highest BCUT2D eigenvalue weighted by Gasteiger charge is 2.11. The Morgan fingerprint density at radius 1 is 1.33 bits per heavy atom. The zero-order chi connectivity index (χ0) is 10.7. The minimum absolute atomic E-state index is 0.584. The summed E-state index contributed by atoms with van der Waals surface area (Å²) in [6.07, 6.45) is 0. The molecule has 3 nitrogen and oxygen atoms in total. The van der Waals surface area contributed by atoms with E-state index in [1.807, 2.05) is 30.3 Å². The van der Waals surface area contributed by atoms with Crippen LogP contribution in [0.25, 0.3) is 11.3 Å². The van der Waals surface area contributed by atoms with Gasteiger partial charge in [0, 0.05) is 5.56 Å². The molecule has 0 saturated carbocycles. The molecule has 15 heavy (non-hydrogen) atoms. The van der Waals surface area contributed by atoms with E-state index in [1.54, 1.807) is 11.8 Å². The van der Waals surface area contributed by atoms with Crippen LogP contribution in [0.2, 0.25) is 0 Å². The quantitative estimate of drug-likeness (QED) is 0.780. The molecule has 2 aromatic rings. The first-order chi connectivity index (χ1) is 7.33. The molecular weight excluding hydrogens is 206 g/mol. The number of thioether (sulfide) groups is 1. The van der Waals surface area contributed by atoms with Crippen LogP contribution in [-0.4, -0.2) is 16.0 Å². The Kier molecular flexibility index (Phi) is 2.97. The highest BCUT2D eigenvalue weighted by Crippen LogP contribution is 2.33. The number of nitrogen functional groups attached to an aromatic ring is 1. The number of nitrogens with one attached hydrogen (secondary N) is 1. The summed E-state index contributed by atoms with van der Waals surface area (Å²) in [6, 6.07) is 10.1. The van der Waals surface area contributed by atoms with Gasteiger partial charge >= 0.3 is 0 Å². The molecule has 0 fully saturated rings. The van der Waals surface area contributed by atoms with Crippen LogP contribution in [0.15, 0.2) is 35.2 Å². The van der Waals surface area contributed by atoms with Gasteiger partial charge in [-0.05, 0) is 5.75 Å². The maximum atomic E-state index is 5.80. The van der Waals surface area contributed by atoms with E-state index in [9.17, 15) is 0 Å². The number of benzene rings is 1. The third-order valence-electron chi connectivity index (χ3n) is 2.10. The van der Waals surface area contributed by atoms with Crippen LogP contribution >= 0.6 is 11.8 Å². The normalized spacial score (nSPS) is 10.5. The van der Waals surface area contributed by atoms with Crippen molar-refractivity contribution in [3.8, 4) is 11.3 Å². The van der Waals surface area contributed by atoms with Gasteiger partial charge in [-0.3, -0.25) is 5.10 Å². The number of hydrogen-bond donors (Lipinski definition) is 2. The molecule has 0 bridgehead atoms. The van der Waals surface area contributed by atoms with Gasteiger partial charge in [0.15, 0.2) is 5.82 Å². The van der Waals surface area contributed by atoms with Crippen molar-refractivity contribution in [2.24, 2.45) is 0 Å². The van der Waals surface area contributed by atoms with Crippen molar-refractivity contribution in [1.29, 1.82) is 0 Å². The van der Waals surface area contributed by atoms with E-state index in [4.69, 9.17) is 5.73 Å². The van der Waals surface area contributed by atoms with Crippen LogP contribution < -0.4 is 5.73 Å². The van der Waals surface area contributed by atoms with Crippen LogP contribution in [0.3, 0.4) is 0 Å². The molecule has 1 aromatic carbocycles. The van der Waals surface area contributed by atoms with Gasteiger partial charge in [0.2, 0.25) is 0 Å². The van der Waals surface area contributed by atoms with Crippen molar-refractivity contribution < 1.29 is 0 Å². The van der Waals surface area contributed by atoms with Gasteiger partial charge in [0.25, 0.3) is 0 Å². The molecular formula is C11H13N3S. The number of rotatable bonds is 3. The predicted molar refractivity (Wildman–Crippen MR) is 64.8 cm³/mol. The van der Waals surface area contributed by atoms with Crippen molar-refractivity contribution in [2.75, 3.05) is 11.5 Å². The Hall–Kier alpha value is -1.42. The summed E-state index contributed by atoms with van der Waals surface area (Å²) < 4.78 is 0. The van der Waals surface area contributed by atoms with Crippen molar-refractivity contribution in [2.45, 2.75) is 11.8 Å². The molecule has 0 aliphatic heterocycles. The minimum atomic E-state index is 0.584. The second-order valence-corrected chi connectivity index (χ2v) is 4.39. The highest BCUT2D eigenvalue weighted by molar-refractivity contribution is 7.99. The maximum Gasteiger partial charge on any atom is 0.159 e. The largest absolute Gasteiger partial charge is 0.381 e. The minimum Gasteiger partial charge on any atom is -0.381 e. The number of H-pyrrole nitrogens is 1. The van der Waals surface area contributed by atoms with Crippen molar-refractivity contribution in [1.82, 2.24) is 10.2 Å². The second kappa shape index (κ2) is 4.40. The lowest BCUT2D eigenvalue weighted by Crippen LogP contribution is -1.86. The number of nitrogens with two attached hydrogens (primary N) is 1. The smallest absolute Gasteiger partial charge is 0.159 e. The third kappa shape index (κ3) is 1.99. The van der Waals surface area contributed by atoms with Gasteiger partial charge in [-0.2, -0.15) is 5.10 Å². The Bertz CT molecular complexity index is 436. The van der Waals surface area contributed by atoms with Gasteiger partial charge < -0.3 is 5.73 Å². The number of hydrogen-bond acceptors (Lipinski definition) is 3. The van der Waals surface area contributed by atoms with Gasteiger partial charge in [0.05, 0.1) is 10.6 Å². The van der Waals surface area contributed by atoms with E-state index in [2.05, 4.69) is 17.1 Å². The highest BCUT2D eigenvalue weighted by atomic mass is 32.2. The van der Waals surface area contributed by atoms with E-state index >= 15 is 0 Å². The molecule has 0 spiro atoms. The molecule has 0 atom stereocenters. The summed E-state index contributed by atoms with van der Waals surface area (Å²) in [5.41, 5.74) is 7.94. The maximum absolute atomic E-state index is 5.80. The number of aromatic nitrogens is 2. The van der Waals surface area contributed by atoms with Crippen molar-refractivity contribution in [3.05, 3.63) is 30.3 Å². The molecule has 2 rings (SSSR count). The molecule has 0 saturated heterocycles. The van der Waals surface area contributed by atoms with E-state index in [1.165, 1.54) is 0 Å². The van der Waals surface area contributed by atoms with E-state index in [0.717, 1.165) is 21.9 Å². The summed E-state index contributed by atoms with van der Waals surface area (Å²) >= 11 is 1.71. The fourth-order valence-corrected chi connectivity index (χ4v) is 2.23. The first kappa shape index (κ1) is 10.1. The first-order valence-electron chi connectivity index (χ1n) is 4.85. The summed E-state index contributed by atoms with van der Waals surface area (Å²) in [4.78, 5) is 1.05. The van der Waals surface area contributed by atoms with E-state index in [-0.39, 0.29) is 0 Å². The Labute approximate surface area is 93.1 Å². The lowest BCUT2D eigenvalue weighted by Gasteiger charge is -2.01. The Morgan fingerprint density at radius 3 is 2.73 bits per heavy atom. The number of nitrogens with zero attached hydrogens (tertiary/aromatic N) is 1. The molecule has 4 heteroatoms. The zero-order valence-electron chi connectivity index (χ0n) is 8.53. The van der Waals surface area contributed by atoms with Gasteiger partial charge in [0.1, 0.15) is 0 Å². The lowest BCUT2D eigenvalue weighted by atomic mass is 10.1. The standard InChI is InChI=1S/C11H13N3S/c1-2-15-10-9(13-14-11(10)12)8-6-4-3-5-7-8/h3-7H,2H2,1H3,(H3,12,13,14). The molecule has 3 N–H and O–H groups in total. The fraction of sp³-hybridized carbons (Fsp3) is 0.182. The molecule has 1 heterocycles. The molecule has 1 aromatic heterocycles.